The highest BCUT2D eigenvalue weighted by Crippen LogP contribution is 2.40. The Bertz CT molecular complexity index is 758. The highest BCUT2D eigenvalue weighted by molar-refractivity contribution is 5.58. The molecule has 1 aromatic heterocycles. The molecule has 0 aromatic carbocycles. The summed E-state index contributed by atoms with van der Waals surface area (Å²) in [5.74, 6) is 1.06. The minimum absolute atomic E-state index is 0.0990. The molecule has 28 heavy (non-hydrogen) atoms. The minimum Gasteiger partial charge on any atom is -0.475 e. The summed E-state index contributed by atoms with van der Waals surface area (Å²) in [7, 11) is 0. The smallest absolute Gasteiger partial charge is 0.217 e. The van der Waals surface area contributed by atoms with Gasteiger partial charge in [0.05, 0.1) is 18.8 Å². The van der Waals surface area contributed by atoms with E-state index in [-0.39, 0.29) is 24.8 Å². The molecular formula is C20H27N5O3. The van der Waals surface area contributed by atoms with Crippen LogP contribution in [0.1, 0.15) is 49.1 Å². The number of hydrogen-bond donors (Lipinski definition) is 0. The van der Waals surface area contributed by atoms with Crippen LogP contribution >= 0.6 is 0 Å². The van der Waals surface area contributed by atoms with Crippen LogP contribution in [0.4, 0.5) is 0 Å². The largest absolute Gasteiger partial charge is 0.475 e. The van der Waals surface area contributed by atoms with Crippen molar-refractivity contribution in [2.45, 2.75) is 69.2 Å². The Morgan fingerprint density at radius 2 is 2.11 bits per heavy atom. The second-order valence-corrected chi connectivity index (χ2v) is 8.03. The van der Waals surface area contributed by atoms with Crippen LogP contribution in [-0.2, 0) is 9.53 Å². The van der Waals surface area contributed by atoms with Gasteiger partial charge in [-0.3, -0.25) is 4.90 Å². The first kappa shape index (κ1) is 19.2. The molecule has 1 aromatic rings. The fourth-order valence-corrected chi connectivity index (χ4v) is 4.97. The predicted octanol–water partition coefficient (Wildman–Crippen LogP) is 3.15. The first-order valence-corrected chi connectivity index (χ1v) is 10.2. The molecule has 8 nitrogen and oxygen atoms in total. The Morgan fingerprint density at radius 3 is 2.86 bits per heavy atom. The lowest BCUT2D eigenvalue weighted by Crippen LogP contribution is -2.48. The molecule has 1 saturated heterocycles. The lowest BCUT2D eigenvalue weighted by Gasteiger charge is -2.33. The highest BCUT2D eigenvalue weighted by Gasteiger charge is 2.39. The third kappa shape index (κ3) is 3.72. The molecule has 4 aliphatic rings. The average Bonchev–Trinajstić information content (AvgIpc) is 3.10. The quantitative estimate of drug-likeness (QED) is 0.337. The van der Waals surface area contributed by atoms with E-state index < -0.39 is 6.04 Å². The minimum atomic E-state index is -0.416. The van der Waals surface area contributed by atoms with Crippen LogP contribution in [0.5, 0.6) is 5.88 Å². The number of hydrogen-bond acceptors (Lipinski definition) is 6. The highest BCUT2D eigenvalue weighted by atomic mass is 16.5. The average molecular weight is 385 g/mol. The summed E-state index contributed by atoms with van der Waals surface area (Å²) >= 11 is 0. The number of azide groups is 1. The number of carbonyl (C=O) groups excluding carboxylic acids is 1. The van der Waals surface area contributed by atoms with Gasteiger partial charge in [-0.05, 0) is 68.7 Å². The summed E-state index contributed by atoms with van der Waals surface area (Å²) in [5.41, 5.74) is 11.3. The van der Waals surface area contributed by atoms with Crippen molar-refractivity contribution in [2.75, 3.05) is 19.8 Å². The standard InChI is InChI=1S/C20H27N5O3/c1-13-6-8-22-20-19(13)14-2-4-16(5-3-14)27-12-18-17(23-24-21)7-9-25(18)15(10-26)11-28-20/h6,8,10,14-18H,2-5,7,9,11-12H2,1H3/t14-,15?,16+,17?,18-/m0/s1. The van der Waals surface area contributed by atoms with E-state index in [1.54, 1.807) is 6.20 Å². The van der Waals surface area contributed by atoms with E-state index >= 15 is 0 Å². The van der Waals surface area contributed by atoms with Crippen LogP contribution in [0.25, 0.3) is 10.4 Å². The van der Waals surface area contributed by atoms with Crippen molar-refractivity contribution in [3.63, 3.8) is 0 Å². The number of aldehydes is 1. The van der Waals surface area contributed by atoms with Crippen LogP contribution in [0.3, 0.4) is 0 Å². The third-order valence-corrected chi connectivity index (χ3v) is 6.48. The number of aromatic nitrogens is 1. The molecule has 0 amide bonds. The normalized spacial score (nSPS) is 33.2. The zero-order chi connectivity index (χ0) is 19.5. The van der Waals surface area contributed by atoms with Crippen molar-refractivity contribution in [3.05, 3.63) is 33.8 Å². The number of pyridine rings is 1. The van der Waals surface area contributed by atoms with Gasteiger partial charge in [-0.25, -0.2) is 4.98 Å². The number of nitrogens with zero attached hydrogens (tertiary/aromatic N) is 5. The Labute approximate surface area is 164 Å². The fourth-order valence-electron chi connectivity index (χ4n) is 4.97. The van der Waals surface area contributed by atoms with E-state index in [2.05, 4.69) is 26.8 Å². The fraction of sp³-hybridized carbons (Fsp3) is 0.700. The van der Waals surface area contributed by atoms with Crippen molar-refractivity contribution in [2.24, 2.45) is 5.11 Å². The van der Waals surface area contributed by atoms with Gasteiger partial charge in [0.15, 0.2) is 0 Å². The van der Waals surface area contributed by atoms with Gasteiger partial charge >= 0.3 is 0 Å². The van der Waals surface area contributed by atoms with Gasteiger partial charge in [0.1, 0.15) is 18.9 Å². The van der Waals surface area contributed by atoms with Crippen molar-refractivity contribution >= 4 is 6.29 Å². The molecule has 2 unspecified atom stereocenters. The number of fused-ring (bicyclic) bond motifs is 5. The molecule has 1 aliphatic carbocycles. The summed E-state index contributed by atoms with van der Waals surface area (Å²) in [6.45, 7) is 3.50. The van der Waals surface area contributed by atoms with Gasteiger partial charge < -0.3 is 14.3 Å². The monoisotopic (exact) mass is 385 g/mol. The lowest BCUT2D eigenvalue weighted by atomic mass is 9.81. The molecular weight excluding hydrogens is 358 g/mol. The third-order valence-electron chi connectivity index (χ3n) is 6.48. The zero-order valence-electron chi connectivity index (χ0n) is 16.2. The van der Waals surface area contributed by atoms with Crippen molar-refractivity contribution < 1.29 is 14.3 Å². The molecule has 0 N–H and O–H groups in total. The van der Waals surface area contributed by atoms with Crippen LogP contribution < -0.4 is 4.74 Å². The van der Waals surface area contributed by atoms with Gasteiger partial charge in [-0.15, -0.1) is 0 Å². The Hall–Kier alpha value is -2.15. The van der Waals surface area contributed by atoms with Crippen molar-refractivity contribution in [3.8, 4) is 5.88 Å². The molecule has 3 atom stereocenters. The van der Waals surface area contributed by atoms with Crippen molar-refractivity contribution in [1.82, 2.24) is 9.88 Å². The number of carbonyl (C=O) groups is 1. The van der Waals surface area contributed by atoms with E-state index in [1.165, 1.54) is 11.1 Å². The maximum atomic E-state index is 11.9. The number of ether oxygens (including phenoxy) is 2. The number of aryl methyl sites for hydroxylation is 1. The SMILES string of the molecule is Cc1ccnc2c1[C@H]1CC[C@H](CC1)OC[C@H]1C(N=[N+]=[N-])CCN1C(C=O)CO2. The second-order valence-electron chi connectivity index (χ2n) is 8.03. The predicted molar refractivity (Wildman–Crippen MR) is 103 cm³/mol. The summed E-state index contributed by atoms with van der Waals surface area (Å²) in [4.78, 5) is 21.5. The van der Waals surface area contributed by atoms with E-state index in [0.717, 1.165) is 38.4 Å². The first-order valence-electron chi connectivity index (χ1n) is 10.2. The van der Waals surface area contributed by atoms with Gasteiger partial charge in [-0.2, -0.15) is 0 Å². The topological polar surface area (TPSA) is 100 Å². The Morgan fingerprint density at radius 1 is 1.29 bits per heavy atom. The Balaban J connectivity index is 1.66. The van der Waals surface area contributed by atoms with Gasteiger partial charge in [0.2, 0.25) is 5.88 Å². The second kappa shape index (κ2) is 8.47. The molecule has 1 saturated carbocycles. The molecule has 0 radical (unpaired) electrons. The van der Waals surface area contributed by atoms with E-state index in [0.29, 0.717) is 24.9 Å². The molecule has 2 bridgehead atoms. The van der Waals surface area contributed by atoms with E-state index in [1.807, 2.05) is 6.07 Å². The van der Waals surface area contributed by atoms with Crippen LogP contribution in [-0.4, -0.2) is 60.2 Å². The maximum Gasteiger partial charge on any atom is 0.217 e. The first-order chi connectivity index (χ1) is 13.7. The Kier molecular flexibility index (Phi) is 5.80. The molecule has 3 aliphatic heterocycles. The molecule has 0 spiro atoms. The summed E-state index contributed by atoms with van der Waals surface area (Å²) in [5, 5.41) is 3.96. The molecule has 5 rings (SSSR count). The maximum absolute atomic E-state index is 11.9. The van der Waals surface area contributed by atoms with E-state index in [9.17, 15) is 4.79 Å². The van der Waals surface area contributed by atoms with Crippen LogP contribution in [0.2, 0.25) is 0 Å². The van der Waals surface area contributed by atoms with Gasteiger partial charge in [0, 0.05) is 22.7 Å². The van der Waals surface area contributed by atoms with Crippen LogP contribution in [0, 0.1) is 6.92 Å². The van der Waals surface area contributed by atoms with Gasteiger partial charge in [0.25, 0.3) is 0 Å². The molecule has 150 valence electrons. The van der Waals surface area contributed by atoms with Crippen molar-refractivity contribution in [1.29, 1.82) is 0 Å². The molecule has 4 heterocycles. The molecule has 2 fully saturated rings. The van der Waals surface area contributed by atoms with E-state index in [4.69, 9.17) is 15.0 Å². The summed E-state index contributed by atoms with van der Waals surface area (Å²) in [6.07, 6.45) is 7.70. The summed E-state index contributed by atoms with van der Waals surface area (Å²) in [6, 6.07) is 1.34. The van der Waals surface area contributed by atoms with Crippen LogP contribution in [0.15, 0.2) is 17.4 Å². The van der Waals surface area contributed by atoms with Gasteiger partial charge in [-0.1, -0.05) is 5.11 Å². The zero-order valence-corrected chi connectivity index (χ0v) is 16.2. The number of rotatable bonds is 2. The lowest BCUT2D eigenvalue weighted by molar-refractivity contribution is -0.114. The summed E-state index contributed by atoms with van der Waals surface area (Å²) < 4.78 is 12.4. The molecule has 8 heteroatoms.